The number of methoxy groups -OCH3 is 1. The minimum Gasteiger partial charge on any atom is -0.503 e. The molecule has 6 heteroatoms. The van der Waals surface area contributed by atoms with E-state index in [1.165, 1.54) is 13.2 Å². The molecule has 0 radical (unpaired) electrons. The first-order valence-corrected chi connectivity index (χ1v) is 4.94. The highest BCUT2D eigenvalue weighted by Crippen LogP contribution is 2.38. The van der Waals surface area contributed by atoms with Gasteiger partial charge >= 0.3 is 0 Å². The second kappa shape index (κ2) is 5.05. The monoisotopic (exact) mass is 244 g/mol. The smallest absolute Gasteiger partial charge is 0.219 e. The van der Waals surface area contributed by atoms with Crippen molar-refractivity contribution >= 4 is 17.5 Å². The average Bonchev–Trinajstić information content (AvgIpc) is 2.20. The van der Waals surface area contributed by atoms with E-state index >= 15 is 0 Å². The van der Waals surface area contributed by atoms with Crippen LogP contribution in [0.15, 0.2) is 12.1 Å². The van der Waals surface area contributed by atoms with Crippen LogP contribution in [0.25, 0.3) is 0 Å². The maximum absolute atomic E-state index is 10.7. The molecule has 0 spiro atoms. The first-order chi connectivity index (χ1) is 7.47. The number of phenols is 1. The molecule has 0 bridgehead atoms. The van der Waals surface area contributed by atoms with Crippen molar-refractivity contribution in [2.45, 2.75) is 12.5 Å². The number of amides is 1. The van der Waals surface area contributed by atoms with Gasteiger partial charge in [-0.3, -0.25) is 4.79 Å². The number of primary amides is 1. The molecule has 0 aliphatic rings. The lowest BCUT2D eigenvalue weighted by Gasteiger charge is -2.14. The Bertz CT molecular complexity index is 409. The number of halogens is 1. The van der Waals surface area contributed by atoms with Crippen LogP contribution in [0, 0.1) is 0 Å². The topological polar surface area (TPSA) is 98.6 Å². The first kappa shape index (κ1) is 12.6. The molecule has 1 amide bonds. The molecule has 1 atom stereocenters. The molecule has 0 heterocycles. The molecule has 88 valence electrons. The molecule has 1 aromatic rings. The van der Waals surface area contributed by atoms with E-state index in [4.69, 9.17) is 27.8 Å². The summed E-state index contributed by atoms with van der Waals surface area (Å²) in [7, 11) is 1.41. The lowest BCUT2D eigenvalue weighted by atomic mass is 10.0. The average molecular weight is 245 g/mol. The van der Waals surface area contributed by atoms with E-state index in [9.17, 15) is 9.90 Å². The van der Waals surface area contributed by atoms with Gasteiger partial charge in [0.25, 0.3) is 0 Å². The third-order valence-electron chi connectivity index (χ3n) is 2.15. The van der Waals surface area contributed by atoms with E-state index in [0.29, 0.717) is 5.56 Å². The largest absolute Gasteiger partial charge is 0.503 e. The zero-order chi connectivity index (χ0) is 12.3. The van der Waals surface area contributed by atoms with Crippen LogP contribution in [-0.2, 0) is 4.79 Å². The van der Waals surface area contributed by atoms with E-state index < -0.39 is 11.9 Å². The normalized spacial score (nSPS) is 12.2. The second-order valence-electron chi connectivity index (χ2n) is 3.30. The van der Waals surface area contributed by atoms with Gasteiger partial charge in [-0.05, 0) is 11.6 Å². The maximum Gasteiger partial charge on any atom is 0.219 e. The standard InChI is InChI=1S/C10H13ClN2O3/c1-16-7-3-2-5(9(11)10(7)15)6(12)4-8(13)14/h2-3,6,15H,4,12H2,1H3,(H2,13,14). The Morgan fingerprint density at radius 3 is 2.75 bits per heavy atom. The number of hydrogen-bond acceptors (Lipinski definition) is 4. The highest BCUT2D eigenvalue weighted by atomic mass is 35.5. The number of hydrogen-bond donors (Lipinski definition) is 3. The van der Waals surface area contributed by atoms with Gasteiger partial charge in [-0.25, -0.2) is 0 Å². The number of carbonyl (C=O) groups excluding carboxylic acids is 1. The zero-order valence-corrected chi connectivity index (χ0v) is 9.49. The highest BCUT2D eigenvalue weighted by Gasteiger charge is 2.17. The zero-order valence-electron chi connectivity index (χ0n) is 8.74. The van der Waals surface area contributed by atoms with Crippen LogP contribution in [0.5, 0.6) is 11.5 Å². The van der Waals surface area contributed by atoms with Crippen LogP contribution in [0.1, 0.15) is 18.0 Å². The van der Waals surface area contributed by atoms with Crippen molar-refractivity contribution in [1.29, 1.82) is 0 Å². The fourth-order valence-electron chi connectivity index (χ4n) is 1.34. The van der Waals surface area contributed by atoms with E-state index in [1.54, 1.807) is 6.07 Å². The molecular weight excluding hydrogens is 232 g/mol. The number of aromatic hydroxyl groups is 1. The molecular formula is C10H13ClN2O3. The molecule has 5 nitrogen and oxygen atoms in total. The summed E-state index contributed by atoms with van der Waals surface area (Å²) in [5.41, 5.74) is 11.2. The van der Waals surface area contributed by atoms with Crippen molar-refractivity contribution < 1.29 is 14.6 Å². The number of nitrogens with two attached hydrogens (primary N) is 2. The molecule has 16 heavy (non-hydrogen) atoms. The van der Waals surface area contributed by atoms with E-state index in [2.05, 4.69) is 0 Å². The number of carbonyl (C=O) groups is 1. The molecule has 0 aliphatic heterocycles. The predicted octanol–water partition coefficient (Wildman–Crippen LogP) is 0.929. The predicted molar refractivity (Wildman–Crippen MR) is 60.4 cm³/mol. The fourth-order valence-corrected chi connectivity index (χ4v) is 1.64. The Kier molecular flexibility index (Phi) is 3.98. The van der Waals surface area contributed by atoms with Crippen molar-refractivity contribution in [3.05, 3.63) is 22.7 Å². The van der Waals surface area contributed by atoms with Crippen molar-refractivity contribution in [1.82, 2.24) is 0 Å². The lowest BCUT2D eigenvalue weighted by Crippen LogP contribution is -2.20. The third-order valence-corrected chi connectivity index (χ3v) is 2.55. The van der Waals surface area contributed by atoms with Gasteiger partial charge < -0.3 is 21.3 Å². The Hall–Kier alpha value is -1.46. The van der Waals surface area contributed by atoms with Crippen LogP contribution in [-0.4, -0.2) is 18.1 Å². The van der Waals surface area contributed by atoms with Gasteiger partial charge in [-0.15, -0.1) is 0 Å². The lowest BCUT2D eigenvalue weighted by molar-refractivity contribution is -0.118. The second-order valence-corrected chi connectivity index (χ2v) is 3.67. The summed E-state index contributed by atoms with van der Waals surface area (Å²) in [4.78, 5) is 10.7. The summed E-state index contributed by atoms with van der Waals surface area (Å²) in [6.45, 7) is 0. The van der Waals surface area contributed by atoms with E-state index in [0.717, 1.165) is 0 Å². The molecule has 0 saturated heterocycles. The van der Waals surface area contributed by atoms with Crippen LogP contribution in [0.3, 0.4) is 0 Å². The summed E-state index contributed by atoms with van der Waals surface area (Å²) in [6.07, 6.45) is -0.0362. The molecule has 0 aliphatic carbocycles. The summed E-state index contributed by atoms with van der Waals surface area (Å²) in [5.74, 6) is -0.472. The Balaban J connectivity index is 3.06. The molecule has 1 aromatic carbocycles. The quantitative estimate of drug-likeness (QED) is 0.734. The summed E-state index contributed by atoms with van der Waals surface area (Å²) in [5, 5.41) is 9.71. The SMILES string of the molecule is COc1ccc(C(N)CC(N)=O)c(Cl)c1O. The van der Waals surface area contributed by atoms with Crippen molar-refractivity contribution in [3.63, 3.8) is 0 Å². The van der Waals surface area contributed by atoms with Gasteiger partial charge in [0.15, 0.2) is 11.5 Å². The summed E-state index contributed by atoms with van der Waals surface area (Å²) in [6, 6.07) is 2.48. The molecule has 0 saturated carbocycles. The van der Waals surface area contributed by atoms with Crippen molar-refractivity contribution in [3.8, 4) is 11.5 Å². The number of phenolic OH excluding ortho intramolecular Hbond substituents is 1. The molecule has 0 aromatic heterocycles. The minimum absolute atomic E-state index is 0.0362. The van der Waals surface area contributed by atoms with Gasteiger partial charge in [-0.2, -0.15) is 0 Å². The highest BCUT2D eigenvalue weighted by molar-refractivity contribution is 6.33. The van der Waals surface area contributed by atoms with Gasteiger partial charge in [0, 0.05) is 12.5 Å². The number of rotatable bonds is 4. The summed E-state index contributed by atoms with van der Waals surface area (Å²) < 4.78 is 4.87. The first-order valence-electron chi connectivity index (χ1n) is 4.56. The van der Waals surface area contributed by atoms with Gasteiger partial charge in [0.05, 0.1) is 12.1 Å². The molecule has 5 N–H and O–H groups in total. The van der Waals surface area contributed by atoms with Crippen molar-refractivity contribution in [2.24, 2.45) is 11.5 Å². The van der Waals surface area contributed by atoms with Gasteiger partial charge in [0.2, 0.25) is 5.91 Å². The van der Waals surface area contributed by atoms with Crippen LogP contribution in [0.4, 0.5) is 0 Å². The third kappa shape index (κ3) is 2.56. The number of ether oxygens (including phenoxy) is 1. The van der Waals surface area contributed by atoms with Gasteiger partial charge in [0.1, 0.15) is 0 Å². The Morgan fingerprint density at radius 2 is 2.25 bits per heavy atom. The summed E-state index contributed by atoms with van der Waals surface area (Å²) >= 11 is 5.89. The molecule has 1 rings (SSSR count). The van der Waals surface area contributed by atoms with Crippen molar-refractivity contribution in [2.75, 3.05) is 7.11 Å². The van der Waals surface area contributed by atoms with Crippen LogP contribution < -0.4 is 16.2 Å². The number of benzene rings is 1. The minimum atomic E-state index is -0.637. The molecule has 0 fully saturated rings. The van der Waals surface area contributed by atoms with Crippen LogP contribution >= 0.6 is 11.6 Å². The Labute approximate surface area is 97.9 Å². The van der Waals surface area contributed by atoms with Gasteiger partial charge in [-0.1, -0.05) is 17.7 Å². The Morgan fingerprint density at radius 1 is 1.62 bits per heavy atom. The fraction of sp³-hybridized carbons (Fsp3) is 0.300. The maximum atomic E-state index is 10.7. The van der Waals surface area contributed by atoms with Crippen LogP contribution in [0.2, 0.25) is 5.02 Å². The van der Waals surface area contributed by atoms with E-state index in [1.807, 2.05) is 0 Å². The van der Waals surface area contributed by atoms with E-state index in [-0.39, 0.29) is 22.9 Å². The molecule has 1 unspecified atom stereocenters.